The van der Waals surface area contributed by atoms with E-state index < -0.39 is 17.1 Å². The molecule has 0 aromatic rings. The Kier molecular flexibility index (Phi) is 4.31. The van der Waals surface area contributed by atoms with Crippen LogP contribution in [0.2, 0.25) is 0 Å². The van der Waals surface area contributed by atoms with E-state index >= 15 is 0 Å². The summed E-state index contributed by atoms with van der Waals surface area (Å²) in [6.45, 7) is 9.16. The molecule has 0 amide bonds. The molecular formula is C11H23NO3. The number of β-amino-alcohol motifs (C(OH)–C–C–N with tert-alkyl or cyclic N) is 1. The van der Waals surface area contributed by atoms with Crippen LogP contribution >= 0.6 is 0 Å². The summed E-state index contributed by atoms with van der Waals surface area (Å²) in [6, 6.07) is 0. The molecule has 4 nitrogen and oxygen atoms in total. The number of hydrogen-bond donors (Lipinski definition) is 2. The van der Waals surface area contributed by atoms with Crippen LogP contribution in [0.3, 0.4) is 0 Å². The molecule has 0 saturated carbocycles. The van der Waals surface area contributed by atoms with E-state index in [1.54, 1.807) is 32.7 Å². The molecule has 0 heterocycles. The zero-order chi connectivity index (χ0) is 12.4. The zero-order valence-corrected chi connectivity index (χ0v) is 10.5. The quantitative estimate of drug-likeness (QED) is 0.726. The van der Waals surface area contributed by atoms with Crippen LogP contribution in [0.4, 0.5) is 0 Å². The lowest BCUT2D eigenvalue weighted by Gasteiger charge is -2.38. The number of likely N-dealkylation sites (N-methyl/N-ethyl adjacent to an activating group) is 1. The number of carboxylic acids is 1. The standard InChI is InChI=1S/C11H23NO3/c1-8(2)11(5,15)7-12(6)10(3,4)9(13)14/h8,15H,7H2,1-6H3,(H,13,14). The number of aliphatic carboxylic acids is 1. The van der Waals surface area contributed by atoms with Gasteiger partial charge in [-0.2, -0.15) is 0 Å². The smallest absolute Gasteiger partial charge is 0.323 e. The number of nitrogens with zero attached hydrogens (tertiary/aromatic N) is 1. The van der Waals surface area contributed by atoms with Gasteiger partial charge >= 0.3 is 5.97 Å². The maximum absolute atomic E-state index is 11.0. The van der Waals surface area contributed by atoms with Crippen LogP contribution < -0.4 is 0 Å². The highest BCUT2D eigenvalue weighted by Gasteiger charge is 2.37. The van der Waals surface area contributed by atoms with Crippen LogP contribution in [0.15, 0.2) is 0 Å². The Morgan fingerprint density at radius 2 is 1.73 bits per heavy atom. The minimum absolute atomic E-state index is 0.0875. The van der Waals surface area contributed by atoms with Gasteiger partial charge in [0.15, 0.2) is 0 Å². The molecule has 4 heteroatoms. The maximum Gasteiger partial charge on any atom is 0.323 e. The van der Waals surface area contributed by atoms with Gasteiger partial charge in [-0.15, -0.1) is 0 Å². The largest absolute Gasteiger partial charge is 0.480 e. The van der Waals surface area contributed by atoms with Gasteiger partial charge in [-0.3, -0.25) is 9.69 Å². The third kappa shape index (κ3) is 3.47. The summed E-state index contributed by atoms with van der Waals surface area (Å²) in [6.07, 6.45) is 0. The first-order valence-electron chi connectivity index (χ1n) is 5.19. The van der Waals surface area contributed by atoms with Crippen molar-refractivity contribution in [2.24, 2.45) is 5.92 Å². The number of carbonyl (C=O) groups is 1. The van der Waals surface area contributed by atoms with Crippen molar-refractivity contribution in [3.8, 4) is 0 Å². The molecule has 2 N–H and O–H groups in total. The van der Waals surface area contributed by atoms with Crippen LogP contribution in [-0.4, -0.2) is 45.8 Å². The van der Waals surface area contributed by atoms with Gasteiger partial charge in [0.1, 0.15) is 5.54 Å². The fraction of sp³-hybridized carbons (Fsp3) is 0.909. The molecule has 0 aromatic heterocycles. The van der Waals surface area contributed by atoms with Gasteiger partial charge in [-0.25, -0.2) is 0 Å². The summed E-state index contributed by atoms with van der Waals surface area (Å²) in [4.78, 5) is 12.7. The van der Waals surface area contributed by atoms with Gasteiger partial charge in [-0.1, -0.05) is 13.8 Å². The Balaban J connectivity index is 4.63. The van der Waals surface area contributed by atoms with Crippen molar-refractivity contribution in [3.63, 3.8) is 0 Å². The maximum atomic E-state index is 11.0. The van der Waals surface area contributed by atoms with Crippen LogP contribution in [0, 0.1) is 5.92 Å². The lowest BCUT2D eigenvalue weighted by Crippen LogP contribution is -2.54. The predicted molar refractivity (Wildman–Crippen MR) is 59.8 cm³/mol. The van der Waals surface area contributed by atoms with E-state index in [2.05, 4.69) is 0 Å². The van der Waals surface area contributed by atoms with Gasteiger partial charge in [0.2, 0.25) is 0 Å². The van der Waals surface area contributed by atoms with E-state index in [0.717, 1.165) is 0 Å². The minimum Gasteiger partial charge on any atom is -0.480 e. The highest BCUT2D eigenvalue weighted by atomic mass is 16.4. The van der Waals surface area contributed by atoms with Crippen LogP contribution in [0.25, 0.3) is 0 Å². The van der Waals surface area contributed by atoms with Gasteiger partial charge in [0.05, 0.1) is 5.60 Å². The van der Waals surface area contributed by atoms with Gasteiger partial charge < -0.3 is 10.2 Å². The summed E-state index contributed by atoms with van der Waals surface area (Å²) in [5, 5.41) is 19.1. The number of hydrogen-bond acceptors (Lipinski definition) is 3. The van der Waals surface area contributed by atoms with Crippen molar-refractivity contribution >= 4 is 5.97 Å². The third-order valence-corrected chi connectivity index (χ3v) is 3.28. The first-order chi connectivity index (χ1) is 6.51. The summed E-state index contributed by atoms with van der Waals surface area (Å²) in [7, 11) is 1.71. The van der Waals surface area contributed by atoms with Crippen LogP contribution in [0.1, 0.15) is 34.6 Å². The van der Waals surface area contributed by atoms with Crippen molar-refractivity contribution in [2.45, 2.75) is 45.8 Å². The third-order valence-electron chi connectivity index (χ3n) is 3.28. The SMILES string of the molecule is CC(C)C(C)(O)CN(C)C(C)(C)C(=O)O. The molecule has 0 aromatic carbocycles. The molecule has 0 fully saturated rings. The van der Waals surface area contributed by atoms with E-state index in [4.69, 9.17) is 5.11 Å². The van der Waals surface area contributed by atoms with Crippen molar-refractivity contribution in [2.75, 3.05) is 13.6 Å². The second-order valence-electron chi connectivity index (χ2n) is 5.23. The van der Waals surface area contributed by atoms with E-state index in [-0.39, 0.29) is 5.92 Å². The van der Waals surface area contributed by atoms with E-state index in [1.807, 2.05) is 13.8 Å². The normalized spacial score (nSPS) is 16.9. The fourth-order valence-corrected chi connectivity index (χ4v) is 1.02. The number of rotatable bonds is 5. The first-order valence-corrected chi connectivity index (χ1v) is 5.19. The van der Waals surface area contributed by atoms with Gasteiger partial charge in [0.25, 0.3) is 0 Å². The molecule has 0 rings (SSSR count). The molecule has 15 heavy (non-hydrogen) atoms. The molecule has 0 aliphatic rings. The Morgan fingerprint density at radius 3 is 2.00 bits per heavy atom. The lowest BCUT2D eigenvalue weighted by atomic mass is 9.90. The number of carboxylic acid groups (broad SMARTS) is 1. The molecule has 0 radical (unpaired) electrons. The number of aliphatic hydroxyl groups is 1. The molecule has 0 aliphatic heterocycles. The second kappa shape index (κ2) is 4.49. The summed E-state index contributed by atoms with van der Waals surface area (Å²) in [5.74, 6) is -0.797. The van der Waals surface area contributed by atoms with Crippen molar-refractivity contribution in [1.82, 2.24) is 4.90 Å². The van der Waals surface area contributed by atoms with Crippen molar-refractivity contribution < 1.29 is 15.0 Å². The highest BCUT2D eigenvalue weighted by Crippen LogP contribution is 2.21. The summed E-state index contributed by atoms with van der Waals surface area (Å²) in [5.41, 5.74) is -1.83. The van der Waals surface area contributed by atoms with Crippen LogP contribution in [-0.2, 0) is 4.79 Å². The predicted octanol–water partition coefficient (Wildman–Crippen LogP) is 1.19. The average Bonchev–Trinajstić information content (AvgIpc) is 2.02. The highest BCUT2D eigenvalue weighted by molar-refractivity contribution is 5.77. The molecule has 0 saturated heterocycles. The van der Waals surface area contributed by atoms with Crippen LogP contribution in [0.5, 0.6) is 0 Å². The second-order valence-corrected chi connectivity index (χ2v) is 5.23. The summed E-state index contributed by atoms with van der Waals surface area (Å²) >= 11 is 0. The molecule has 0 bridgehead atoms. The Morgan fingerprint density at radius 1 is 1.33 bits per heavy atom. The first kappa shape index (κ1) is 14.4. The molecule has 1 atom stereocenters. The van der Waals surface area contributed by atoms with E-state index in [0.29, 0.717) is 6.54 Å². The molecule has 1 unspecified atom stereocenters. The molecule has 90 valence electrons. The van der Waals surface area contributed by atoms with E-state index in [1.165, 1.54) is 0 Å². The Hall–Kier alpha value is -0.610. The Labute approximate surface area is 91.9 Å². The van der Waals surface area contributed by atoms with Crippen molar-refractivity contribution in [3.05, 3.63) is 0 Å². The molecular weight excluding hydrogens is 194 g/mol. The average molecular weight is 217 g/mol. The minimum atomic E-state index is -0.959. The van der Waals surface area contributed by atoms with Crippen molar-refractivity contribution in [1.29, 1.82) is 0 Å². The summed E-state index contributed by atoms with van der Waals surface area (Å²) < 4.78 is 0. The zero-order valence-electron chi connectivity index (χ0n) is 10.5. The van der Waals surface area contributed by atoms with E-state index in [9.17, 15) is 9.90 Å². The monoisotopic (exact) mass is 217 g/mol. The topological polar surface area (TPSA) is 60.8 Å². The molecule has 0 aliphatic carbocycles. The van der Waals surface area contributed by atoms with Gasteiger partial charge in [0, 0.05) is 6.54 Å². The fourth-order valence-electron chi connectivity index (χ4n) is 1.02. The lowest BCUT2D eigenvalue weighted by molar-refractivity contribution is -0.150. The molecule has 0 spiro atoms. The Bertz CT molecular complexity index is 234. The van der Waals surface area contributed by atoms with Gasteiger partial charge in [-0.05, 0) is 33.7 Å².